The minimum Gasteiger partial charge on any atom is -0.497 e. The number of halogens is 1. The van der Waals surface area contributed by atoms with Crippen molar-refractivity contribution < 1.29 is 33.0 Å². The quantitative estimate of drug-likeness (QED) is 0.391. The van der Waals surface area contributed by atoms with Gasteiger partial charge in [-0.1, -0.05) is 38.1 Å². The van der Waals surface area contributed by atoms with E-state index in [1.165, 1.54) is 13.2 Å². The summed E-state index contributed by atoms with van der Waals surface area (Å²) in [5, 5.41) is 14.0. The summed E-state index contributed by atoms with van der Waals surface area (Å²) in [6.07, 6.45) is 2.52. The molecule has 1 aliphatic heterocycles. The summed E-state index contributed by atoms with van der Waals surface area (Å²) in [5.74, 6) is 1.000. The normalized spacial score (nSPS) is 28.7. The van der Waals surface area contributed by atoms with Gasteiger partial charge in [0.1, 0.15) is 30.0 Å². The lowest BCUT2D eigenvalue weighted by Gasteiger charge is -2.39. The first-order valence-corrected chi connectivity index (χ1v) is 13.5. The molecule has 0 amide bonds. The molecule has 206 valence electrons. The van der Waals surface area contributed by atoms with Gasteiger partial charge < -0.3 is 23.8 Å². The minimum atomic E-state index is -0.792. The van der Waals surface area contributed by atoms with E-state index in [1.807, 2.05) is 24.3 Å². The average molecular weight is 536 g/mol. The van der Waals surface area contributed by atoms with Crippen molar-refractivity contribution in [1.29, 1.82) is 0 Å². The Kier molecular flexibility index (Phi) is 6.12. The molecular weight excluding hydrogens is 501 g/mol. The first kappa shape index (κ1) is 25.7. The average Bonchev–Trinajstić information content (AvgIpc) is 3.54. The second-order valence-corrected chi connectivity index (χ2v) is 12.2. The van der Waals surface area contributed by atoms with Gasteiger partial charge in [-0.05, 0) is 83.7 Å². The van der Waals surface area contributed by atoms with E-state index in [0.717, 1.165) is 24.8 Å². The third-order valence-corrected chi connectivity index (χ3v) is 9.59. The van der Waals surface area contributed by atoms with Gasteiger partial charge >= 0.3 is 5.97 Å². The number of hydrogen-bond acceptors (Lipinski definition) is 6. The molecule has 6 rings (SSSR count). The molecular formula is C31H34FNO6. The van der Waals surface area contributed by atoms with Crippen molar-refractivity contribution in [3.05, 3.63) is 59.5 Å². The number of hydrogen-bond donors (Lipinski definition) is 1. The zero-order valence-corrected chi connectivity index (χ0v) is 22.7. The zero-order chi connectivity index (χ0) is 27.5. The van der Waals surface area contributed by atoms with Gasteiger partial charge in [-0.15, -0.1) is 0 Å². The molecule has 2 saturated carbocycles. The highest BCUT2D eigenvalue weighted by Crippen LogP contribution is 2.68. The molecule has 0 radical (unpaired) electrons. The predicted octanol–water partition coefficient (Wildman–Crippen LogP) is 6.85. The van der Waals surface area contributed by atoms with E-state index in [1.54, 1.807) is 12.1 Å². The molecule has 2 aromatic carbocycles. The van der Waals surface area contributed by atoms with Crippen LogP contribution in [0.15, 0.2) is 47.0 Å². The Labute approximate surface area is 227 Å². The van der Waals surface area contributed by atoms with Crippen LogP contribution < -0.4 is 14.2 Å². The Morgan fingerprint density at radius 1 is 1.18 bits per heavy atom. The van der Waals surface area contributed by atoms with Crippen LogP contribution in [0.4, 0.5) is 4.39 Å². The van der Waals surface area contributed by atoms with Gasteiger partial charge in [-0.2, -0.15) is 0 Å². The number of fused-ring (bicyclic) bond motifs is 7. The summed E-state index contributed by atoms with van der Waals surface area (Å²) in [5.41, 5.74) is 1.52. The summed E-state index contributed by atoms with van der Waals surface area (Å²) in [6.45, 7) is 6.92. The smallest absolute Gasteiger partial charge is 0.303 e. The van der Waals surface area contributed by atoms with E-state index in [0.29, 0.717) is 28.9 Å². The number of nitrogens with zero attached hydrogens (tertiary/aromatic N) is 1. The first-order chi connectivity index (χ1) is 18.6. The van der Waals surface area contributed by atoms with Crippen molar-refractivity contribution in [1.82, 2.24) is 5.16 Å². The molecule has 4 unspecified atom stereocenters. The zero-order valence-electron chi connectivity index (χ0n) is 22.7. The second kappa shape index (κ2) is 9.28. The maximum atomic E-state index is 15.0. The molecule has 1 N–H and O–H groups in total. The van der Waals surface area contributed by atoms with Crippen LogP contribution in [-0.4, -0.2) is 29.4 Å². The lowest BCUT2D eigenvalue weighted by atomic mass is 9.65. The fourth-order valence-electron chi connectivity index (χ4n) is 7.12. The number of ether oxygens (including phenoxy) is 3. The largest absolute Gasteiger partial charge is 0.497 e. The maximum absolute atomic E-state index is 15.0. The number of rotatable bonds is 4. The van der Waals surface area contributed by atoms with Gasteiger partial charge in [0.2, 0.25) is 5.76 Å². The van der Waals surface area contributed by atoms with Gasteiger partial charge in [-0.3, -0.25) is 4.79 Å². The molecule has 2 heterocycles. The van der Waals surface area contributed by atoms with Crippen molar-refractivity contribution in [2.24, 2.45) is 22.7 Å². The Bertz CT molecular complexity index is 1420. The number of benzene rings is 2. The van der Waals surface area contributed by atoms with Crippen LogP contribution in [0.5, 0.6) is 17.2 Å². The second-order valence-electron chi connectivity index (χ2n) is 12.2. The molecule has 5 atom stereocenters. The molecule has 4 bridgehead atoms. The highest BCUT2D eigenvalue weighted by molar-refractivity contribution is 5.69. The topological polar surface area (TPSA) is 91.0 Å². The molecule has 7 nitrogen and oxygen atoms in total. The van der Waals surface area contributed by atoms with Crippen molar-refractivity contribution in [3.8, 4) is 28.6 Å². The third kappa shape index (κ3) is 4.43. The summed E-state index contributed by atoms with van der Waals surface area (Å²) >= 11 is 0. The summed E-state index contributed by atoms with van der Waals surface area (Å²) in [4.78, 5) is 11.9. The fourth-order valence-corrected chi connectivity index (χ4v) is 7.12. The standard InChI is InChI=1S/C31H34FNO6/c1-30(2)14-20-15-31(30,3)24-12-22(24)21(13-27(34)35)17-6-5-7-19(10-17)37-16-26-29(38-20)28(39-33-26)23-11-18(36-4)8-9-25(23)32/h5-11,20-22,24H,12-16H2,1-4H3,(H,34,35)/t20?,21-,22?,24?,31?/m1/s1. The molecule has 8 heteroatoms. The summed E-state index contributed by atoms with van der Waals surface area (Å²) in [6, 6.07) is 12.1. The predicted molar refractivity (Wildman–Crippen MR) is 141 cm³/mol. The molecule has 2 aliphatic carbocycles. The monoisotopic (exact) mass is 535 g/mol. The maximum Gasteiger partial charge on any atom is 0.303 e. The molecule has 3 aromatic rings. The number of carbonyl (C=O) groups is 1. The van der Waals surface area contributed by atoms with E-state index in [2.05, 4.69) is 25.9 Å². The Hall–Kier alpha value is -3.55. The number of carboxylic acid groups (broad SMARTS) is 1. The first-order valence-electron chi connectivity index (χ1n) is 13.5. The SMILES string of the molecule is COc1ccc(F)c(-c2onc3c2OC2CC(C)(C)C(C)(C2)C2CC2[C@H](CC(=O)O)c2cccc(c2)OC3)c1. The lowest BCUT2D eigenvalue weighted by Crippen LogP contribution is -2.33. The third-order valence-electron chi connectivity index (χ3n) is 9.59. The van der Waals surface area contributed by atoms with Gasteiger partial charge in [0.25, 0.3) is 0 Å². The van der Waals surface area contributed by atoms with Gasteiger partial charge in [0, 0.05) is 0 Å². The van der Waals surface area contributed by atoms with E-state index < -0.39 is 11.8 Å². The van der Waals surface area contributed by atoms with Crippen LogP contribution in [0.3, 0.4) is 0 Å². The van der Waals surface area contributed by atoms with Crippen LogP contribution in [0, 0.1) is 28.5 Å². The van der Waals surface area contributed by atoms with Crippen LogP contribution in [0.1, 0.15) is 63.6 Å². The molecule has 3 aliphatic rings. The van der Waals surface area contributed by atoms with Crippen LogP contribution in [-0.2, 0) is 11.4 Å². The van der Waals surface area contributed by atoms with Crippen molar-refractivity contribution in [2.45, 2.75) is 65.1 Å². The van der Waals surface area contributed by atoms with Crippen LogP contribution in [0.2, 0.25) is 0 Å². The van der Waals surface area contributed by atoms with Crippen LogP contribution >= 0.6 is 0 Å². The van der Waals surface area contributed by atoms with E-state index >= 15 is 4.39 Å². The van der Waals surface area contributed by atoms with Crippen molar-refractivity contribution >= 4 is 5.97 Å². The molecule has 2 fully saturated rings. The van der Waals surface area contributed by atoms with Gasteiger partial charge in [0.05, 0.1) is 19.1 Å². The highest BCUT2D eigenvalue weighted by atomic mass is 19.1. The Morgan fingerprint density at radius 2 is 2.00 bits per heavy atom. The Balaban J connectivity index is 1.45. The Morgan fingerprint density at radius 3 is 2.77 bits per heavy atom. The lowest BCUT2D eigenvalue weighted by molar-refractivity contribution is -0.137. The van der Waals surface area contributed by atoms with Crippen molar-refractivity contribution in [3.63, 3.8) is 0 Å². The number of aromatic nitrogens is 1. The molecule has 39 heavy (non-hydrogen) atoms. The van der Waals surface area contributed by atoms with E-state index in [4.69, 9.17) is 18.7 Å². The molecule has 1 aromatic heterocycles. The summed E-state index contributed by atoms with van der Waals surface area (Å²) < 4.78 is 38.8. The van der Waals surface area contributed by atoms with Gasteiger partial charge in [-0.25, -0.2) is 4.39 Å². The number of aliphatic carboxylic acids is 1. The number of carboxylic acids is 1. The molecule has 0 saturated heterocycles. The minimum absolute atomic E-state index is 0.0525. The summed E-state index contributed by atoms with van der Waals surface area (Å²) in [7, 11) is 1.53. The van der Waals surface area contributed by atoms with Crippen LogP contribution in [0.25, 0.3) is 11.3 Å². The van der Waals surface area contributed by atoms with E-state index in [-0.39, 0.29) is 53.1 Å². The molecule has 0 spiro atoms. The van der Waals surface area contributed by atoms with E-state index in [9.17, 15) is 9.90 Å². The fraction of sp³-hybridized carbons (Fsp3) is 0.484. The number of methoxy groups -OCH3 is 1. The van der Waals surface area contributed by atoms with Crippen molar-refractivity contribution in [2.75, 3.05) is 7.11 Å². The highest BCUT2D eigenvalue weighted by Gasteiger charge is 2.62. The van der Waals surface area contributed by atoms with Gasteiger partial charge in [0.15, 0.2) is 11.4 Å².